The highest BCUT2D eigenvalue weighted by atomic mass is 19.2. The molecule has 6 heteroatoms. The lowest BCUT2D eigenvalue weighted by Crippen LogP contribution is -2.17. The van der Waals surface area contributed by atoms with E-state index >= 15 is 0 Å². The fourth-order valence-corrected chi connectivity index (χ4v) is 0.510. The maximum absolute atomic E-state index is 12.4. The Morgan fingerprint density at radius 3 is 2.64 bits per heavy atom. The number of carbonyl (C=O) groups is 1. The average Bonchev–Trinajstić information content (AvgIpc) is 1.94. The molecule has 0 atom stereocenters. The first-order valence-electron chi connectivity index (χ1n) is 2.59. The summed E-state index contributed by atoms with van der Waals surface area (Å²) in [5, 5.41) is 0. The Balaban J connectivity index is 3.23. The minimum atomic E-state index is -1.17. The van der Waals surface area contributed by atoms with Crippen LogP contribution in [0.4, 0.5) is 8.78 Å². The lowest BCUT2D eigenvalue weighted by atomic mass is 10.9. The number of hydrogen-bond acceptors (Lipinski definition) is 3. The Morgan fingerprint density at radius 2 is 2.18 bits per heavy atom. The number of nitrogens with two attached hydrogens (primary N) is 1. The second kappa shape index (κ2) is 2.57. The first kappa shape index (κ1) is 7.52. The van der Waals surface area contributed by atoms with Crippen molar-refractivity contribution in [3.8, 4) is 0 Å². The van der Waals surface area contributed by atoms with E-state index in [1.165, 1.54) is 0 Å². The molecule has 0 aliphatic rings. The molecule has 4 nitrogen and oxygen atoms in total. The average molecular weight is 162 g/mol. The van der Waals surface area contributed by atoms with Crippen LogP contribution in [-0.4, -0.2) is 15.9 Å². The van der Waals surface area contributed by atoms with E-state index < -0.39 is 23.5 Å². The largest absolute Gasteiger partial charge is 0.364 e. The first-order valence-corrected chi connectivity index (χ1v) is 2.59. The van der Waals surface area contributed by atoms with Gasteiger partial charge in [-0.15, -0.1) is 0 Å². The number of primary amides is 1. The monoisotopic (exact) mass is 162 g/mol. The SMILES string of the molecule is N[13C](=O)[13c]1nc(F)cn[13c]1F. The number of nitrogens with zero attached hydrogens (tertiary/aromatic N) is 2. The summed E-state index contributed by atoms with van der Waals surface area (Å²) < 4.78 is 24.5. The smallest absolute Gasteiger partial charge is 0.272 e. The molecule has 0 aliphatic heterocycles. The quantitative estimate of drug-likeness (QED) is 0.584. The van der Waals surface area contributed by atoms with Crippen LogP contribution in [0.1, 0.15) is 10.5 Å². The van der Waals surface area contributed by atoms with Gasteiger partial charge >= 0.3 is 0 Å². The van der Waals surface area contributed by atoms with Gasteiger partial charge in [0.25, 0.3) is 5.91 Å². The summed E-state index contributed by atoms with van der Waals surface area (Å²) in [7, 11) is 0. The van der Waals surface area contributed by atoms with Gasteiger partial charge in [-0.25, -0.2) is 9.97 Å². The van der Waals surface area contributed by atoms with Crippen molar-refractivity contribution in [2.24, 2.45) is 5.73 Å². The van der Waals surface area contributed by atoms with Gasteiger partial charge < -0.3 is 5.73 Å². The van der Waals surface area contributed by atoms with Crippen LogP contribution in [0.2, 0.25) is 0 Å². The summed E-state index contributed by atoms with van der Waals surface area (Å²) in [4.78, 5) is 16.1. The maximum Gasteiger partial charge on any atom is 0.272 e. The van der Waals surface area contributed by atoms with E-state index in [4.69, 9.17) is 0 Å². The predicted octanol–water partition coefficient (Wildman–Crippen LogP) is -0.146. The molecular weight excluding hydrogens is 159 g/mol. The van der Waals surface area contributed by atoms with E-state index in [0.717, 1.165) is 0 Å². The third-order valence-electron chi connectivity index (χ3n) is 0.932. The zero-order valence-electron chi connectivity index (χ0n) is 5.21. The number of hydrogen-bond donors (Lipinski definition) is 1. The minimum absolute atomic E-state index is 0.557. The summed E-state index contributed by atoms with van der Waals surface area (Å²) in [6.45, 7) is 0. The molecule has 1 amide bonds. The zero-order chi connectivity index (χ0) is 8.43. The van der Waals surface area contributed by atoms with Crippen LogP contribution >= 0.6 is 0 Å². The highest BCUT2D eigenvalue weighted by Gasteiger charge is 2.11. The van der Waals surface area contributed by atoms with Crippen molar-refractivity contribution in [3.05, 3.63) is 23.8 Å². The van der Waals surface area contributed by atoms with E-state index in [2.05, 4.69) is 15.7 Å². The number of carbonyl (C=O) groups excluding carboxylic acids is 1. The van der Waals surface area contributed by atoms with Crippen LogP contribution in [-0.2, 0) is 0 Å². The molecule has 0 fully saturated rings. The second-order valence-corrected chi connectivity index (χ2v) is 1.70. The van der Waals surface area contributed by atoms with Crippen molar-refractivity contribution in [3.63, 3.8) is 0 Å². The molecule has 1 heterocycles. The molecule has 11 heavy (non-hydrogen) atoms. The van der Waals surface area contributed by atoms with Crippen molar-refractivity contribution >= 4 is 5.91 Å². The third-order valence-corrected chi connectivity index (χ3v) is 0.932. The number of amides is 1. The molecule has 0 saturated heterocycles. The number of aromatic nitrogens is 2. The summed E-state index contributed by atoms with van der Waals surface area (Å²) in [5.41, 5.74) is 3.85. The topological polar surface area (TPSA) is 68.9 Å². The third kappa shape index (κ3) is 1.46. The normalized spacial score (nSPS) is 9.64. The van der Waals surface area contributed by atoms with Gasteiger partial charge in [0, 0.05) is 0 Å². The summed E-state index contributed by atoms with van der Waals surface area (Å²) in [6.07, 6.45) is 0.557. The van der Waals surface area contributed by atoms with Gasteiger partial charge in [-0.05, 0) is 0 Å². The van der Waals surface area contributed by atoms with E-state index in [1.807, 2.05) is 0 Å². The Bertz CT molecular complexity index is 302. The van der Waals surface area contributed by atoms with Crippen LogP contribution in [0.5, 0.6) is 0 Å². The van der Waals surface area contributed by atoms with Crippen molar-refractivity contribution < 1.29 is 13.6 Å². The van der Waals surface area contributed by atoms with Gasteiger partial charge in [-0.2, -0.15) is 8.78 Å². The standard InChI is InChI=1S/C5H3F2N3O/c6-2-1-9-4(7)3(10-2)5(8)11/h1H,(H2,8,11)/i3+1,4+1,5+1. The van der Waals surface area contributed by atoms with Crippen molar-refractivity contribution in [1.29, 1.82) is 0 Å². The van der Waals surface area contributed by atoms with Gasteiger partial charge in [-0.3, -0.25) is 4.79 Å². The molecule has 0 spiro atoms. The summed E-state index contributed by atoms with van der Waals surface area (Å²) in [5.74, 6) is -3.35. The van der Waals surface area contributed by atoms with E-state index in [-0.39, 0.29) is 0 Å². The Labute approximate surface area is 60.1 Å². The predicted molar refractivity (Wildman–Crippen MR) is 30.5 cm³/mol. The molecule has 0 aromatic carbocycles. The van der Waals surface area contributed by atoms with Gasteiger partial charge in [0.05, 0.1) is 6.20 Å². The molecule has 0 saturated carbocycles. The molecule has 2 N–H and O–H groups in total. The fraction of sp³-hybridized carbons (Fsp3) is 0. The van der Waals surface area contributed by atoms with Crippen molar-refractivity contribution in [1.82, 2.24) is 9.97 Å². The van der Waals surface area contributed by atoms with Crippen LogP contribution in [0, 0.1) is 11.9 Å². The molecule has 0 bridgehead atoms. The van der Waals surface area contributed by atoms with Crippen LogP contribution in [0.25, 0.3) is 0 Å². The van der Waals surface area contributed by atoms with Gasteiger partial charge in [0.15, 0.2) is 5.69 Å². The number of rotatable bonds is 1. The molecule has 0 unspecified atom stereocenters. The fourth-order valence-electron chi connectivity index (χ4n) is 0.510. The van der Waals surface area contributed by atoms with E-state index in [0.29, 0.717) is 6.20 Å². The summed E-state index contributed by atoms with van der Waals surface area (Å²) in [6, 6.07) is 0. The highest BCUT2D eigenvalue weighted by Crippen LogP contribution is 1.99. The maximum atomic E-state index is 12.4. The minimum Gasteiger partial charge on any atom is -0.364 e. The molecular formula is C5H3F2N3O. The van der Waals surface area contributed by atoms with Crippen molar-refractivity contribution in [2.75, 3.05) is 0 Å². The van der Waals surface area contributed by atoms with E-state index in [9.17, 15) is 13.6 Å². The molecule has 1 rings (SSSR count). The second-order valence-electron chi connectivity index (χ2n) is 1.70. The molecule has 0 radical (unpaired) electrons. The van der Waals surface area contributed by atoms with Gasteiger partial charge in [0.2, 0.25) is 11.9 Å². The van der Waals surface area contributed by atoms with E-state index in [1.54, 1.807) is 0 Å². The Kier molecular flexibility index (Phi) is 1.75. The van der Waals surface area contributed by atoms with Crippen LogP contribution in [0.3, 0.4) is 0 Å². The number of halogens is 2. The zero-order valence-corrected chi connectivity index (χ0v) is 5.21. The van der Waals surface area contributed by atoms with Crippen LogP contribution < -0.4 is 5.73 Å². The lowest BCUT2D eigenvalue weighted by Gasteiger charge is -1.94. The summed E-state index contributed by atoms with van der Waals surface area (Å²) >= 11 is 0. The van der Waals surface area contributed by atoms with Crippen LogP contribution in [0.15, 0.2) is 6.20 Å². The molecule has 1 aromatic rings. The Hall–Kier alpha value is -1.59. The van der Waals surface area contributed by atoms with Gasteiger partial charge in [-0.1, -0.05) is 0 Å². The molecule has 0 aliphatic carbocycles. The highest BCUT2D eigenvalue weighted by molar-refractivity contribution is 5.90. The molecule has 1 aromatic heterocycles. The van der Waals surface area contributed by atoms with Gasteiger partial charge in [0.1, 0.15) is 0 Å². The first-order chi connectivity index (χ1) is 5.11. The molecule has 58 valence electrons. The van der Waals surface area contributed by atoms with Crippen molar-refractivity contribution in [2.45, 2.75) is 0 Å². The lowest BCUT2D eigenvalue weighted by molar-refractivity contribution is 0.0989. The Morgan fingerprint density at radius 1 is 1.55 bits per heavy atom.